The largest absolute Gasteiger partial charge is 0.495 e. The van der Waals surface area contributed by atoms with Crippen LogP contribution in [-0.2, 0) is 0 Å². The normalized spacial score (nSPS) is 10.4. The van der Waals surface area contributed by atoms with Crippen molar-refractivity contribution in [2.45, 2.75) is 0 Å². The lowest BCUT2D eigenvalue weighted by Gasteiger charge is -2.10. The van der Waals surface area contributed by atoms with Gasteiger partial charge >= 0.3 is 0 Å². The average Bonchev–Trinajstić information content (AvgIpc) is 2.58. The molecule has 7 heteroatoms. The summed E-state index contributed by atoms with van der Waals surface area (Å²) in [5.74, 6) is 0.966. The van der Waals surface area contributed by atoms with E-state index in [-0.39, 0.29) is 0 Å². The third kappa shape index (κ3) is 1.83. The molecular formula is C9H9BrN4OS. The lowest BCUT2D eigenvalue weighted by atomic mass is 10.3. The zero-order valence-electron chi connectivity index (χ0n) is 8.40. The Balaban J connectivity index is 2.72. The molecule has 1 aromatic heterocycles. The molecule has 0 spiro atoms. The molecule has 0 atom stereocenters. The number of hydrogen-bond acceptors (Lipinski definition) is 4. The predicted molar refractivity (Wildman–Crippen MR) is 67.4 cm³/mol. The van der Waals surface area contributed by atoms with E-state index in [9.17, 15) is 0 Å². The summed E-state index contributed by atoms with van der Waals surface area (Å²) in [5.41, 5.74) is 6.47. The molecule has 2 aromatic rings. The quantitative estimate of drug-likeness (QED) is 0.835. The minimum Gasteiger partial charge on any atom is -0.495 e. The van der Waals surface area contributed by atoms with Crippen LogP contribution in [0.4, 0.5) is 5.95 Å². The molecule has 84 valence electrons. The topological polar surface area (TPSA) is 68.9 Å². The van der Waals surface area contributed by atoms with Gasteiger partial charge in [-0.2, -0.15) is 0 Å². The first-order valence-corrected chi connectivity index (χ1v) is 5.60. The molecule has 1 heterocycles. The number of benzene rings is 1. The number of aromatic amines is 1. The molecule has 3 N–H and O–H groups in total. The lowest BCUT2D eigenvalue weighted by Crippen LogP contribution is -2.03. The fraction of sp³-hybridized carbons (Fsp3) is 0.111. The Labute approximate surface area is 105 Å². The molecule has 0 aliphatic rings. The van der Waals surface area contributed by atoms with Crippen LogP contribution >= 0.6 is 28.1 Å². The zero-order valence-corrected chi connectivity index (χ0v) is 10.8. The smallest absolute Gasteiger partial charge is 0.225 e. The number of nitrogen functional groups attached to an aromatic ring is 1. The van der Waals surface area contributed by atoms with Crippen molar-refractivity contribution in [2.24, 2.45) is 0 Å². The number of hydrogen-bond donors (Lipinski definition) is 2. The van der Waals surface area contributed by atoms with Gasteiger partial charge in [0.05, 0.1) is 12.8 Å². The van der Waals surface area contributed by atoms with Crippen molar-refractivity contribution in [1.82, 2.24) is 14.8 Å². The molecule has 16 heavy (non-hydrogen) atoms. The Bertz CT molecular complexity index is 577. The maximum Gasteiger partial charge on any atom is 0.225 e. The van der Waals surface area contributed by atoms with Crippen LogP contribution in [0.3, 0.4) is 0 Å². The second-order valence-corrected chi connectivity index (χ2v) is 4.34. The number of H-pyrrole nitrogens is 1. The monoisotopic (exact) mass is 300 g/mol. The Morgan fingerprint density at radius 2 is 2.31 bits per heavy atom. The third-order valence-corrected chi connectivity index (χ3v) is 2.85. The number of nitrogens with zero attached hydrogens (tertiary/aromatic N) is 2. The predicted octanol–water partition coefficient (Wildman–Crippen LogP) is 2.28. The highest BCUT2D eigenvalue weighted by atomic mass is 79.9. The number of methoxy groups -OCH3 is 1. The second kappa shape index (κ2) is 4.26. The Hall–Kier alpha value is -1.34. The lowest BCUT2D eigenvalue weighted by molar-refractivity contribution is 0.413. The molecule has 0 fully saturated rings. The maximum atomic E-state index is 5.73. The molecule has 0 aliphatic carbocycles. The van der Waals surface area contributed by atoms with E-state index in [1.807, 2.05) is 18.2 Å². The molecule has 0 saturated carbocycles. The second-order valence-electron chi connectivity index (χ2n) is 3.04. The van der Waals surface area contributed by atoms with Crippen LogP contribution in [0.5, 0.6) is 5.75 Å². The summed E-state index contributed by atoms with van der Waals surface area (Å²) >= 11 is 8.49. The number of anilines is 1. The number of nitrogens with one attached hydrogen (secondary N) is 1. The first-order valence-electron chi connectivity index (χ1n) is 4.40. The van der Waals surface area contributed by atoms with Gasteiger partial charge in [-0.25, -0.2) is 5.10 Å². The molecule has 5 nitrogen and oxygen atoms in total. The van der Waals surface area contributed by atoms with Gasteiger partial charge in [0.15, 0.2) is 0 Å². The fourth-order valence-electron chi connectivity index (χ4n) is 1.38. The summed E-state index contributed by atoms with van der Waals surface area (Å²) in [6, 6.07) is 5.57. The SMILES string of the molecule is COc1ccc(Br)cc1-n1c(N)n[nH]c1=S. The van der Waals surface area contributed by atoms with Crippen LogP contribution in [0.1, 0.15) is 0 Å². The maximum absolute atomic E-state index is 5.73. The van der Waals surface area contributed by atoms with Crippen molar-refractivity contribution in [1.29, 1.82) is 0 Å². The Kier molecular flexibility index (Phi) is 2.97. The van der Waals surface area contributed by atoms with E-state index in [0.29, 0.717) is 16.5 Å². The van der Waals surface area contributed by atoms with Crippen LogP contribution in [0, 0.1) is 4.77 Å². The van der Waals surface area contributed by atoms with Crippen LogP contribution in [0.15, 0.2) is 22.7 Å². The Morgan fingerprint density at radius 3 is 2.88 bits per heavy atom. The van der Waals surface area contributed by atoms with E-state index >= 15 is 0 Å². The van der Waals surface area contributed by atoms with Gasteiger partial charge in [0.25, 0.3) is 0 Å². The van der Waals surface area contributed by atoms with E-state index in [4.69, 9.17) is 22.7 Å². The first-order chi connectivity index (χ1) is 7.63. The number of nitrogens with two attached hydrogens (primary N) is 1. The average molecular weight is 301 g/mol. The van der Waals surface area contributed by atoms with E-state index in [2.05, 4.69) is 26.1 Å². The number of halogens is 1. The Morgan fingerprint density at radius 1 is 1.56 bits per heavy atom. The third-order valence-electron chi connectivity index (χ3n) is 2.08. The number of aromatic nitrogens is 3. The van der Waals surface area contributed by atoms with Crippen molar-refractivity contribution in [3.8, 4) is 11.4 Å². The van der Waals surface area contributed by atoms with E-state index in [1.54, 1.807) is 11.7 Å². The zero-order chi connectivity index (χ0) is 11.7. The molecule has 0 amide bonds. The van der Waals surface area contributed by atoms with E-state index < -0.39 is 0 Å². The summed E-state index contributed by atoms with van der Waals surface area (Å²) in [6.45, 7) is 0. The van der Waals surface area contributed by atoms with Crippen molar-refractivity contribution in [2.75, 3.05) is 12.8 Å². The van der Waals surface area contributed by atoms with Crippen molar-refractivity contribution < 1.29 is 4.74 Å². The highest BCUT2D eigenvalue weighted by molar-refractivity contribution is 9.10. The molecular weight excluding hydrogens is 292 g/mol. The van der Waals surface area contributed by atoms with Gasteiger partial charge in [0, 0.05) is 4.47 Å². The van der Waals surface area contributed by atoms with Gasteiger partial charge in [-0.15, -0.1) is 5.10 Å². The molecule has 0 saturated heterocycles. The van der Waals surface area contributed by atoms with Gasteiger partial charge in [0.2, 0.25) is 10.7 Å². The molecule has 0 bridgehead atoms. The van der Waals surface area contributed by atoms with Crippen molar-refractivity contribution >= 4 is 34.1 Å². The molecule has 0 aliphatic heterocycles. The molecule has 0 unspecified atom stereocenters. The van der Waals surface area contributed by atoms with Crippen LogP contribution in [-0.4, -0.2) is 21.9 Å². The summed E-state index contributed by atoms with van der Waals surface area (Å²) in [6.07, 6.45) is 0. The fourth-order valence-corrected chi connectivity index (χ4v) is 1.97. The molecule has 0 radical (unpaired) electrons. The highest BCUT2D eigenvalue weighted by Gasteiger charge is 2.10. The van der Waals surface area contributed by atoms with Crippen LogP contribution in [0.2, 0.25) is 0 Å². The molecule has 2 rings (SSSR count). The van der Waals surface area contributed by atoms with Crippen LogP contribution < -0.4 is 10.5 Å². The summed E-state index contributed by atoms with van der Waals surface area (Å²) in [4.78, 5) is 0. The summed E-state index contributed by atoms with van der Waals surface area (Å²) in [7, 11) is 1.59. The summed E-state index contributed by atoms with van der Waals surface area (Å²) < 4.78 is 8.19. The van der Waals surface area contributed by atoms with Gasteiger partial charge in [-0.1, -0.05) is 15.9 Å². The number of rotatable bonds is 2. The van der Waals surface area contributed by atoms with Crippen molar-refractivity contribution in [3.05, 3.63) is 27.4 Å². The standard InChI is InChI=1S/C9H9BrN4OS/c1-15-7-3-2-5(10)4-6(7)14-8(11)12-13-9(14)16/h2-4H,1H3,(H2,11,12)(H,13,16). The van der Waals surface area contributed by atoms with Crippen LogP contribution in [0.25, 0.3) is 5.69 Å². The first kappa shape index (κ1) is 11.2. The number of ether oxygens (including phenoxy) is 1. The minimum absolute atomic E-state index is 0.293. The van der Waals surface area contributed by atoms with Gasteiger partial charge in [-0.05, 0) is 30.4 Å². The van der Waals surface area contributed by atoms with Gasteiger partial charge in [-0.3, -0.25) is 4.57 Å². The van der Waals surface area contributed by atoms with E-state index in [1.165, 1.54) is 0 Å². The summed E-state index contributed by atoms with van der Waals surface area (Å²) in [5, 5.41) is 6.48. The highest BCUT2D eigenvalue weighted by Crippen LogP contribution is 2.27. The van der Waals surface area contributed by atoms with E-state index in [0.717, 1.165) is 10.2 Å². The van der Waals surface area contributed by atoms with Gasteiger partial charge < -0.3 is 10.5 Å². The molecule has 1 aromatic carbocycles. The van der Waals surface area contributed by atoms with Crippen molar-refractivity contribution in [3.63, 3.8) is 0 Å². The van der Waals surface area contributed by atoms with Gasteiger partial charge in [0.1, 0.15) is 5.75 Å². The minimum atomic E-state index is 0.293.